The number of rotatable bonds is 4. The quantitative estimate of drug-likeness (QED) is 0.456. The minimum Gasteiger partial charge on any atom is -0.303 e. The van der Waals surface area contributed by atoms with Crippen molar-refractivity contribution >= 4 is 17.5 Å². The highest BCUT2D eigenvalue weighted by atomic mass is 16.6. The molecular weight excluding hydrogens is 218 g/mol. The maximum atomic E-state index is 10.5. The molecule has 0 spiro atoms. The Hall–Kier alpha value is -2.17. The van der Waals surface area contributed by atoms with Gasteiger partial charge in [-0.25, -0.2) is 0 Å². The summed E-state index contributed by atoms with van der Waals surface area (Å²) in [6.07, 6.45) is 3.73. The zero-order chi connectivity index (χ0) is 12.8. The van der Waals surface area contributed by atoms with E-state index in [4.69, 9.17) is 0 Å². The molecule has 0 aliphatic heterocycles. The molecule has 1 aromatic rings. The molecule has 0 unspecified atom stereocenters. The Morgan fingerprint density at radius 3 is 2.41 bits per heavy atom. The Morgan fingerprint density at radius 2 is 1.94 bits per heavy atom. The van der Waals surface area contributed by atoms with Crippen LogP contribution in [0.5, 0.6) is 0 Å². The van der Waals surface area contributed by atoms with Crippen LogP contribution in [0.3, 0.4) is 0 Å². The van der Waals surface area contributed by atoms with Crippen LogP contribution in [0.4, 0.5) is 5.69 Å². The minimum atomic E-state index is -0.410. The first-order chi connectivity index (χ1) is 7.99. The Bertz CT molecular complexity index is 447. The number of hydrazone groups is 1. The van der Waals surface area contributed by atoms with Crippen molar-refractivity contribution in [1.29, 1.82) is 0 Å². The molecule has 0 bridgehead atoms. The second-order valence-electron chi connectivity index (χ2n) is 3.77. The maximum absolute atomic E-state index is 10.5. The topological polar surface area (TPSA) is 58.7 Å². The van der Waals surface area contributed by atoms with Crippen molar-refractivity contribution in [1.82, 2.24) is 5.01 Å². The third-order valence-corrected chi connectivity index (χ3v) is 1.98. The van der Waals surface area contributed by atoms with Crippen molar-refractivity contribution in [2.24, 2.45) is 5.10 Å². The predicted molar refractivity (Wildman–Crippen MR) is 68.9 cm³/mol. The van der Waals surface area contributed by atoms with Gasteiger partial charge in [-0.1, -0.05) is 6.08 Å². The fraction of sp³-hybridized carbons (Fsp3) is 0.250. The molecule has 17 heavy (non-hydrogen) atoms. The van der Waals surface area contributed by atoms with Crippen molar-refractivity contribution < 1.29 is 4.92 Å². The third kappa shape index (κ3) is 4.46. The van der Waals surface area contributed by atoms with Gasteiger partial charge in [0.25, 0.3) is 5.69 Å². The zero-order valence-corrected chi connectivity index (χ0v) is 10.1. The summed E-state index contributed by atoms with van der Waals surface area (Å²) >= 11 is 0. The molecule has 1 aromatic carbocycles. The van der Waals surface area contributed by atoms with Gasteiger partial charge in [0, 0.05) is 26.2 Å². The van der Waals surface area contributed by atoms with E-state index in [-0.39, 0.29) is 5.69 Å². The number of hydrogen-bond donors (Lipinski definition) is 0. The van der Waals surface area contributed by atoms with Crippen LogP contribution in [-0.2, 0) is 0 Å². The van der Waals surface area contributed by atoms with Crippen molar-refractivity contribution in [3.63, 3.8) is 0 Å². The zero-order valence-electron chi connectivity index (χ0n) is 10.1. The smallest absolute Gasteiger partial charge is 0.269 e. The van der Waals surface area contributed by atoms with Gasteiger partial charge in [0.05, 0.1) is 10.6 Å². The van der Waals surface area contributed by atoms with Crippen LogP contribution in [0.25, 0.3) is 6.08 Å². The molecule has 0 fully saturated rings. The molecule has 0 saturated heterocycles. The first-order valence-corrected chi connectivity index (χ1v) is 5.14. The van der Waals surface area contributed by atoms with Crippen LogP contribution >= 0.6 is 0 Å². The lowest BCUT2D eigenvalue weighted by Crippen LogP contribution is -2.04. The van der Waals surface area contributed by atoms with Gasteiger partial charge in [-0.2, -0.15) is 5.10 Å². The standard InChI is InChI=1S/C12H15N3O2/c1-10(13-14(2)3)4-5-11-6-8-12(9-7-11)15(16)17/h4-9H,1-3H3/b5-4+,13-10+. The van der Waals surface area contributed by atoms with Gasteiger partial charge in [0.15, 0.2) is 0 Å². The van der Waals surface area contributed by atoms with E-state index in [9.17, 15) is 10.1 Å². The first kappa shape index (κ1) is 12.9. The Labute approximate surface area is 100 Å². The van der Waals surface area contributed by atoms with Gasteiger partial charge in [0.1, 0.15) is 0 Å². The Morgan fingerprint density at radius 1 is 1.35 bits per heavy atom. The lowest BCUT2D eigenvalue weighted by atomic mass is 10.2. The maximum Gasteiger partial charge on any atom is 0.269 e. The van der Waals surface area contributed by atoms with E-state index in [2.05, 4.69) is 5.10 Å². The van der Waals surface area contributed by atoms with Gasteiger partial charge < -0.3 is 5.01 Å². The number of benzene rings is 1. The summed E-state index contributed by atoms with van der Waals surface area (Å²) in [6, 6.07) is 6.38. The highest BCUT2D eigenvalue weighted by Crippen LogP contribution is 2.12. The average molecular weight is 233 g/mol. The molecule has 0 aliphatic carbocycles. The van der Waals surface area contributed by atoms with Gasteiger partial charge in [-0.05, 0) is 30.7 Å². The molecule has 0 aliphatic rings. The van der Waals surface area contributed by atoms with Crippen LogP contribution in [0.1, 0.15) is 12.5 Å². The summed E-state index contributed by atoms with van der Waals surface area (Å²) < 4.78 is 0. The van der Waals surface area contributed by atoms with Gasteiger partial charge in [0.2, 0.25) is 0 Å². The molecular formula is C12H15N3O2. The van der Waals surface area contributed by atoms with Crippen molar-refractivity contribution in [2.75, 3.05) is 14.1 Å². The summed E-state index contributed by atoms with van der Waals surface area (Å²) in [5, 5.41) is 16.4. The normalized spacial score (nSPS) is 11.8. The lowest BCUT2D eigenvalue weighted by molar-refractivity contribution is -0.384. The number of non-ortho nitro benzene ring substituents is 1. The van der Waals surface area contributed by atoms with E-state index in [0.717, 1.165) is 11.3 Å². The van der Waals surface area contributed by atoms with E-state index in [1.54, 1.807) is 17.1 Å². The van der Waals surface area contributed by atoms with Crippen molar-refractivity contribution in [3.05, 3.63) is 46.0 Å². The molecule has 0 N–H and O–H groups in total. The summed E-state index contributed by atoms with van der Waals surface area (Å²) in [5.41, 5.74) is 1.87. The summed E-state index contributed by atoms with van der Waals surface area (Å²) in [4.78, 5) is 10.1. The average Bonchev–Trinajstić information content (AvgIpc) is 2.26. The van der Waals surface area contributed by atoms with E-state index < -0.39 is 4.92 Å². The van der Waals surface area contributed by atoms with E-state index in [0.29, 0.717) is 0 Å². The first-order valence-electron chi connectivity index (χ1n) is 5.14. The highest BCUT2D eigenvalue weighted by Gasteiger charge is 2.01. The third-order valence-electron chi connectivity index (χ3n) is 1.98. The number of nitrogens with zero attached hydrogens (tertiary/aromatic N) is 3. The van der Waals surface area contributed by atoms with Crippen LogP contribution in [0.15, 0.2) is 35.4 Å². The fourth-order valence-electron chi connectivity index (χ4n) is 1.27. The van der Waals surface area contributed by atoms with E-state index in [1.165, 1.54) is 12.1 Å². The molecule has 1 rings (SSSR count). The number of nitro benzene ring substituents is 1. The second kappa shape index (κ2) is 5.79. The van der Waals surface area contributed by atoms with E-state index >= 15 is 0 Å². The SMILES string of the molecule is CC(/C=C/c1ccc([N+](=O)[O-])cc1)=N\N(C)C. The number of allylic oxidation sites excluding steroid dienone is 1. The van der Waals surface area contributed by atoms with Crippen LogP contribution in [-0.4, -0.2) is 29.7 Å². The number of nitro groups is 1. The molecule has 5 heteroatoms. The van der Waals surface area contributed by atoms with Crippen LogP contribution in [0, 0.1) is 10.1 Å². The number of hydrogen-bond acceptors (Lipinski definition) is 4. The predicted octanol–water partition coefficient (Wildman–Crippen LogP) is 2.55. The second-order valence-corrected chi connectivity index (χ2v) is 3.77. The molecule has 0 radical (unpaired) electrons. The Kier molecular flexibility index (Phi) is 4.39. The van der Waals surface area contributed by atoms with Crippen molar-refractivity contribution in [2.45, 2.75) is 6.92 Å². The van der Waals surface area contributed by atoms with Crippen LogP contribution in [0.2, 0.25) is 0 Å². The lowest BCUT2D eigenvalue weighted by Gasteiger charge is -2.03. The molecule has 90 valence electrons. The monoisotopic (exact) mass is 233 g/mol. The summed E-state index contributed by atoms with van der Waals surface area (Å²) in [7, 11) is 3.70. The summed E-state index contributed by atoms with van der Waals surface area (Å²) in [6.45, 7) is 1.89. The van der Waals surface area contributed by atoms with Gasteiger partial charge >= 0.3 is 0 Å². The Balaban J connectivity index is 2.76. The van der Waals surface area contributed by atoms with Crippen LogP contribution < -0.4 is 0 Å². The highest BCUT2D eigenvalue weighted by molar-refractivity contribution is 5.96. The largest absolute Gasteiger partial charge is 0.303 e. The summed E-state index contributed by atoms with van der Waals surface area (Å²) in [5.74, 6) is 0. The van der Waals surface area contributed by atoms with Gasteiger partial charge in [-0.3, -0.25) is 10.1 Å². The molecule has 5 nitrogen and oxygen atoms in total. The minimum absolute atomic E-state index is 0.0980. The molecule has 0 saturated carbocycles. The fourth-order valence-corrected chi connectivity index (χ4v) is 1.27. The van der Waals surface area contributed by atoms with E-state index in [1.807, 2.05) is 33.2 Å². The molecule has 0 heterocycles. The van der Waals surface area contributed by atoms with Crippen molar-refractivity contribution in [3.8, 4) is 0 Å². The van der Waals surface area contributed by atoms with Gasteiger partial charge in [-0.15, -0.1) is 0 Å². The molecule has 0 aromatic heterocycles. The molecule has 0 amide bonds. The molecule has 0 atom stereocenters.